The first-order chi connectivity index (χ1) is 10.2. The Morgan fingerprint density at radius 1 is 0.667 bits per heavy atom. The first-order valence-electron chi connectivity index (χ1n) is 5.26. The maximum absolute atomic E-state index is 13.1. The molecule has 0 amide bonds. The van der Waals surface area contributed by atoms with Gasteiger partial charge in [-0.05, 0) is 6.92 Å². The van der Waals surface area contributed by atoms with E-state index in [0.717, 1.165) is 0 Å². The lowest BCUT2D eigenvalue weighted by molar-refractivity contribution is -0.440. The minimum absolute atomic E-state index is 0.186. The van der Waals surface area contributed by atoms with E-state index in [1.165, 1.54) is 0 Å². The van der Waals surface area contributed by atoms with E-state index >= 15 is 0 Å². The summed E-state index contributed by atoms with van der Waals surface area (Å²) < 4.78 is 164. The van der Waals surface area contributed by atoms with Gasteiger partial charge in [-0.3, -0.25) is 0 Å². The number of aliphatic imine (C=N–C) groups is 1. The maximum atomic E-state index is 13.1. The van der Waals surface area contributed by atoms with Crippen molar-refractivity contribution >= 4 is 6.08 Å². The Balaban J connectivity index is 6.35. The number of carbonyl (C=O) groups excluding carboxylic acids is 1. The molecule has 0 aliphatic heterocycles. The molecule has 0 aliphatic rings. The van der Waals surface area contributed by atoms with Gasteiger partial charge in [0.25, 0.3) is 0 Å². The molecule has 0 radical (unpaired) electrons. The van der Waals surface area contributed by atoms with Crippen LogP contribution in [-0.4, -0.2) is 47.9 Å². The second-order valence-electron chi connectivity index (χ2n) is 4.31. The number of isocyanates is 1. The van der Waals surface area contributed by atoms with Gasteiger partial charge in [-0.2, -0.15) is 62.1 Å². The first-order valence-corrected chi connectivity index (χ1v) is 5.26. The molecule has 142 valence electrons. The van der Waals surface area contributed by atoms with Gasteiger partial charge in [0.2, 0.25) is 6.08 Å². The summed E-state index contributed by atoms with van der Waals surface area (Å²) >= 11 is 0. The van der Waals surface area contributed by atoms with Crippen molar-refractivity contribution in [3.05, 3.63) is 0 Å². The molecule has 0 spiro atoms. The van der Waals surface area contributed by atoms with E-state index in [-0.39, 0.29) is 13.0 Å². The van der Waals surface area contributed by atoms with Gasteiger partial charge in [0.05, 0.1) is 0 Å². The number of rotatable bonds is 6. The molecule has 0 aliphatic carbocycles. The van der Waals surface area contributed by atoms with E-state index in [1.807, 2.05) is 4.99 Å². The molecule has 1 atom stereocenters. The molecule has 0 fully saturated rings. The molecule has 0 rings (SSSR count). The Labute approximate surface area is 123 Å². The molecule has 0 heterocycles. The molecule has 2 nitrogen and oxygen atoms in total. The van der Waals surface area contributed by atoms with E-state index in [9.17, 15) is 61.9 Å². The average molecular weight is 389 g/mol. The second-order valence-corrected chi connectivity index (χ2v) is 4.31. The van der Waals surface area contributed by atoms with Crippen molar-refractivity contribution in [2.75, 3.05) is 0 Å². The second kappa shape index (κ2) is 5.77. The van der Waals surface area contributed by atoms with Crippen molar-refractivity contribution in [3.8, 4) is 0 Å². The minimum atomic E-state index is -7.96. The molecule has 0 saturated heterocycles. The summed E-state index contributed by atoms with van der Waals surface area (Å²) in [5.74, 6) is -37.5. The van der Waals surface area contributed by atoms with Gasteiger partial charge >= 0.3 is 35.8 Å². The smallest absolute Gasteiger partial charge is 0.211 e. The third kappa shape index (κ3) is 2.82. The summed E-state index contributed by atoms with van der Waals surface area (Å²) in [5.41, 5.74) is 0. The summed E-state index contributed by atoms with van der Waals surface area (Å²) in [6, 6.07) is -3.49. The molecule has 0 aromatic heterocycles. The maximum Gasteiger partial charge on any atom is 0.460 e. The Morgan fingerprint density at radius 3 is 1.29 bits per heavy atom. The topological polar surface area (TPSA) is 29.4 Å². The van der Waals surface area contributed by atoms with Crippen LogP contribution >= 0.6 is 0 Å². The van der Waals surface area contributed by atoms with Crippen LogP contribution in [0.5, 0.6) is 0 Å². The van der Waals surface area contributed by atoms with Gasteiger partial charge in [-0.15, -0.1) is 0 Å². The van der Waals surface area contributed by atoms with E-state index in [0.29, 0.717) is 0 Å². The third-order valence-corrected chi connectivity index (χ3v) is 2.73. The fourth-order valence-corrected chi connectivity index (χ4v) is 1.20. The normalized spacial score (nSPS) is 16.6. The van der Waals surface area contributed by atoms with Gasteiger partial charge in [0.15, 0.2) is 0 Å². The van der Waals surface area contributed by atoms with E-state index < -0.39 is 41.8 Å². The van der Waals surface area contributed by atoms with Crippen LogP contribution in [0.2, 0.25) is 0 Å². The summed E-state index contributed by atoms with van der Waals surface area (Å²) in [4.78, 5) is 11.5. The SMILES string of the molecule is CC(N=C=O)C(F)(F)C(F)(F)C(F)(F)C(F)(F)C(F)(F)C(F)(F)F. The predicted octanol–water partition coefficient (Wildman–Crippen LogP) is 4.45. The van der Waals surface area contributed by atoms with Crippen molar-refractivity contribution in [2.45, 2.75) is 48.8 Å². The highest BCUT2D eigenvalue weighted by atomic mass is 19.4. The lowest BCUT2D eigenvalue weighted by Gasteiger charge is -2.40. The van der Waals surface area contributed by atoms with Crippen molar-refractivity contribution in [1.82, 2.24) is 0 Å². The van der Waals surface area contributed by atoms with Gasteiger partial charge in [-0.1, -0.05) is 0 Å². The summed E-state index contributed by atoms with van der Waals surface area (Å²) in [6.45, 7) is -0.186. The molecule has 24 heavy (non-hydrogen) atoms. The zero-order chi connectivity index (χ0) is 20.0. The van der Waals surface area contributed by atoms with Crippen molar-refractivity contribution < 1.29 is 61.9 Å². The Bertz CT molecular complexity index is 516. The lowest BCUT2D eigenvalue weighted by Crippen LogP contribution is -2.71. The zero-order valence-corrected chi connectivity index (χ0v) is 10.8. The fourth-order valence-electron chi connectivity index (χ4n) is 1.20. The summed E-state index contributed by atoms with van der Waals surface area (Å²) in [5, 5.41) is 0. The molecule has 1 unspecified atom stereocenters. The zero-order valence-electron chi connectivity index (χ0n) is 10.8. The summed E-state index contributed by atoms with van der Waals surface area (Å²) in [6.07, 6.45) is -7.27. The third-order valence-electron chi connectivity index (χ3n) is 2.73. The number of hydrogen-bond acceptors (Lipinski definition) is 2. The van der Waals surface area contributed by atoms with Gasteiger partial charge in [0, 0.05) is 0 Å². The van der Waals surface area contributed by atoms with Gasteiger partial charge in [-0.25, -0.2) is 4.79 Å². The number of halogens is 13. The quantitative estimate of drug-likeness (QED) is 0.375. The van der Waals surface area contributed by atoms with E-state index in [4.69, 9.17) is 0 Å². The average Bonchev–Trinajstić information content (AvgIpc) is 2.36. The molecule has 0 aromatic carbocycles. The molecule has 15 heteroatoms. The van der Waals surface area contributed by atoms with Crippen molar-refractivity contribution in [2.24, 2.45) is 4.99 Å². The molecular formula is C9H4F13NO. The molecule has 0 N–H and O–H groups in total. The Morgan fingerprint density at radius 2 is 1.00 bits per heavy atom. The molecule has 0 saturated carbocycles. The standard InChI is InChI=1S/C9H4F13NO/c1-3(23-2-24)4(10,11)5(12,13)6(14,15)7(16,17)8(18,19)9(20,21)22/h3H,1H3. The lowest BCUT2D eigenvalue weighted by atomic mass is 9.91. The van der Waals surface area contributed by atoms with Crippen LogP contribution in [0.3, 0.4) is 0 Å². The van der Waals surface area contributed by atoms with Crippen LogP contribution in [0.15, 0.2) is 4.99 Å². The van der Waals surface area contributed by atoms with Crippen LogP contribution in [0.1, 0.15) is 6.92 Å². The Kier molecular flexibility index (Phi) is 5.41. The van der Waals surface area contributed by atoms with Crippen molar-refractivity contribution in [1.29, 1.82) is 0 Å². The summed E-state index contributed by atoms with van der Waals surface area (Å²) in [7, 11) is 0. The van der Waals surface area contributed by atoms with Gasteiger partial charge < -0.3 is 0 Å². The van der Waals surface area contributed by atoms with Crippen LogP contribution < -0.4 is 0 Å². The Hall–Kier alpha value is -1.53. The highest BCUT2D eigenvalue weighted by molar-refractivity contribution is 5.34. The van der Waals surface area contributed by atoms with Gasteiger partial charge in [0.1, 0.15) is 6.04 Å². The van der Waals surface area contributed by atoms with E-state index in [1.54, 1.807) is 0 Å². The molecular weight excluding hydrogens is 385 g/mol. The van der Waals surface area contributed by atoms with Crippen molar-refractivity contribution in [3.63, 3.8) is 0 Å². The largest absolute Gasteiger partial charge is 0.460 e. The van der Waals surface area contributed by atoms with Crippen LogP contribution in [0.25, 0.3) is 0 Å². The van der Waals surface area contributed by atoms with Crippen LogP contribution in [-0.2, 0) is 4.79 Å². The number of hydrogen-bond donors (Lipinski definition) is 0. The molecule has 0 aromatic rings. The highest BCUT2D eigenvalue weighted by Crippen LogP contribution is 2.60. The van der Waals surface area contributed by atoms with Crippen LogP contribution in [0.4, 0.5) is 57.1 Å². The van der Waals surface area contributed by atoms with Crippen LogP contribution in [0, 0.1) is 0 Å². The molecule has 0 bridgehead atoms. The predicted molar refractivity (Wildman–Crippen MR) is 48.4 cm³/mol. The first kappa shape index (κ1) is 22.5. The highest BCUT2D eigenvalue weighted by Gasteiger charge is 2.91. The monoisotopic (exact) mass is 389 g/mol. The number of nitrogens with zero attached hydrogens (tertiary/aromatic N) is 1. The number of alkyl halides is 13. The minimum Gasteiger partial charge on any atom is -0.211 e. The van der Waals surface area contributed by atoms with E-state index in [2.05, 4.69) is 0 Å². The fraction of sp³-hybridized carbons (Fsp3) is 0.889.